The van der Waals surface area contributed by atoms with Crippen LogP contribution in [0, 0.1) is 6.92 Å². The van der Waals surface area contributed by atoms with Crippen molar-refractivity contribution in [1.29, 1.82) is 0 Å². The Labute approximate surface area is 169 Å². The zero-order valence-electron chi connectivity index (χ0n) is 17.4. The fraction of sp³-hybridized carbons (Fsp3) is 0.417. The fourth-order valence-corrected chi connectivity index (χ4v) is 3.31. The van der Waals surface area contributed by atoms with E-state index in [9.17, 15) is 9.59 Å². The minimum atomic E-state index is -0.467. The SMILES string of the molecule is CC[C@H](C(=O)NC(C)C)N(Cc1ccccc1C)C(=O)CCc1ccccc1. The maximum Gasteiger partial charge on any atom is 0.243 e. The third-order valence-corrected chi connectivity index (χ3v) is 4.89. The molecule has 2 amide bonds. The van der Waals surface area contributed by atoms with Crippen molar-refractivity contribution >= 4 is 11.8 Å². The van der Waals surface area contributed by atoms with Crippen molar-refractivity contribution in [3.05, 3.63) is 71.3 Å². The molecule has 0 aromatic heterocycles. The summed E-state index contributed by atoms with van der Waals surface area (Å²) in [4.78, 5) is 27.7. The Morgan fingerprint density at radius 3 is 2.25 bits per heavy atom. The van der Waals surface area contributed by atoms with Crippen molar-refractivity contribution in [3.63, 3.8) is 0 Å². The molecule has 0 unspecified atom stereocenters. The first kappa shape index (κ1) is 21.7. The smallest absolute Gasteiger partial charge is 0.243 e. The van der Waals surface area contributed by atoms with E-state index in [2.05, 4.69) is 5.32 Å². The Kier molecular flexibility index (Phi) is 8.24. The monoisotopic (exact) mass is 380 g/mol. The van der Waals surface area contributed by atoms with Gasteiger partial charge in [-0.3, -0.25) is 9.59 Å². The number of amides is 2. The molecule has 0 fully saturated rings. The van der Waals surface area contributed by atoms with Gasteiger partial charge in [-0.05, 0) is 50.3 Å². The Morgan fingerprint density at radius 2 is 1.64 bits per heavy atom. The highest BCUT2D eigenvalue weighted by atomic mass is 16.2. The van der Waals surface area contributed by atoms with Crippen molar-refractivity contribution in [2.75, 3.05) is 0 Å². The first-order chi connectivity index (χ1) is 13.4. The summed E-state index contributed by atoms with van der Waals surface area (Å²) in [6.45, 7) is 8.32. The van der Waals surface area contributed by atoms with Crippen LogP contribution in [0.2, 0.25) is 0 Å². The number of hydrogen-bond acceptors (Lipinski definition) is 2. The van der Waals surface area contributed by atoms with E-state index in [0.717, 1.165) is 16.7 Å². The molecule has 4 heteroatoms. The van der Waals surface area contributed by atoms with Gasteiger partial charge in [0.1, 0.15) is 6.04 Å². The molecular formula is C24H32N2O2. The third-order valence-electron chi connectivity index (χ3n) is 4.89. The van der Waals surface area contributed by atoms with Gasteiger partial charge in [-0.1, -0.05) is 61.5 Å². The van der Waals surface area contributed by atoms with Gasteiger partial charge in [0.05, 0.1) is 0 Å². The van der Waals surface area contributed by atoms with Crippen molar-refractivity contribution in [2.24, 2.45) is 0 Å². The average molecular weight is 381 g/mol. The van der Waals surface area contributed by atoms with Crippen LogP contribution < -0.4 is 5.32 Å². The fourth-order valence-electron chi connectivity index (χ4n) is 3.31. The number of carbonyl (C=O) groups excluding carboxylic acids is 2. The van der Waals surface area contributed by atoms with E-state index in [1.54, 1.807) is 4.90 Å². The molecule has 0 saturated carbocycles. The van der Waals surface area contributed by atoms with Crippen molar-refractivity contribution < 1.29 is 9.59 Å². The van der Waals surface area contributed by atoms with E-state index in [0.29, 0.717) is 25.8 Å². The van der Waals surface area contributed by atoms with Gasteiger partial charge in [0.15, 0.2) is 0 Å². The van der Waals surface area contributed by atoms with Crippen molar-refractivity contribution in [3.8, 4) is 0 Å². The molecule has 2 aromatic rings. The minimum Gasteiger partial charge on any atom is -0.352 e. The van der Waals surface area contributed by atoms with Crippen LogP contribution in [0.4, 0.5) is 0 Å². The quantitative estimate of drug-likeness (QED) is 0.707. The van der Waals surface area contributed by atoms with Gasteiger partial charge in [-0.2, -0.15) is 0 Å². The van der Waals surface area contributed by atoms with Crippen molar-refractivity contribution in [1.82, 2.24) is 10.2 Å². The molecule has 1 atom stereocenters. The van der Waals surface area contributed by atoms with E-state index in [4.69, 9.17) is 0 Å². The molecule has 0 bridgehead atoms. The predicted octanol–water partition coefficient (Wildman–Crippen LogP) is 4.26. The normalized spacial score (nSPS) is 11.9. The number of aryl methyl sites for hydroxylation is 2. The Bertz CT molecular complexity index is 771. The van der Waals surface area contributed by atoms with E-state index in [1.165, 1.54) is 0 Å². The highest BCUT2D eigenvalue weighted by Gasteiger charge is 2.28. The molecule has 2 aromatic carbocycles. The standard InChI is InChI=1S/C24H32N2O2/c1-5-22(24(28)25-18(2)3)26(17-21-14-10-9-11-19(21)4)23(27)16-15-20-12-7-6-8-13-20/h6-14,18,22H,5,15-17H2,1-4H3,(H,25,28)/t22-/m1/s1. The van der Waals surface area contributed by atoms with E-state index < -0.39 is 6.04 Å². The number of benzene rings is 2. The van der Waals surface area contributed by atoms with Gasteiger partial charge in [-0.15, -0.1) is 0 Å². The van der Waals surface area contributed by atoms with Crippen LogP contribution in [0.3, 0.4) is 0 Å². The predicted molar refractivity (Wildman–Crippen MR) is 114 cm³/mol. The van der Waals surface area contributed by atoms with E-state index in [1.807, 2.05) is 82.3 Å². The zero-order chi connectivity index (χ0) is 20.5. The maximum absolute atomic E-state index is 13.2. The van der Waals surface area contributed by atoms with Gasteiger partial charge >= 0.3 is 0 Å². The second-order valence-electron chi connectivity index (χ2n) is 7.52. The highest BCUT2D eigenvalue weighted by molar-refractivity contribution is 5.87. The molecule has 0 heterocycles. The number of nitrogens with zero attached hydrogens (tertiary/aromatic N) is 1. The molecule has 2 rings (SSSR count). The minimum absolute atomic E-state index is 0.0119. The van der Waals surface area contributed by atoms with Crippen LogP contribution in [0.5, 0.6) is 0 Å². The van der Waals surface area contributed by atoms with Gasteiger partial charge in [0.25, 0.3) is 0 Å². The number of rotatable bonds is 9. The summed E-state index contributed by atoms with van der Waals surface area (Å²) in [5, 5.41) is 2.97. The lowest BCUT2D eigenvalue weighted by molar-refractivity contribution is -0.141. The second-order valence-corrected chi connectivity index (χ2v) is 7.52. The Balaban J connectivity index is 2.22. The first-order valence-electron chi connectivity index (χ1n) is 10.1. The van der Waals surface area contributed by atoms with Gasteiger partial charge < -0.3 is 10.2 Å². The van der Waals surface area contributed by atoms with Crippen LogP contribution in [-0.4, -0.2) is 28.8 Å². The lowest BCUT2D eigenvalue weighted by Gasteiger charge is -2.31. The molecule has 0 spiro atoms. The molecule has 0 aliphatic heterocycles. The van der Waals surface area contributed by atoms with Crippen molar-refractivity contribution in [2.45, 2.75) is 65.6 Å². The van der Waals surface area contributed by atoms with Gasteiger partial charge in [0, 0.05) is 19.0 Å². The van der Waals surface area contributed by atoms with Crippen LogP contribution in [-0.2, 0) is 22.6 Å². The Hall–Kier alpha value is -2.62. The van der Waals surface area contributed by atoms with Crippen LogP contribution in [0.25, 0.3) is 0 Å². The number of carbonyl (C=O) groups is 2. The van der Waals surface area contributed by atoms with Crippen LogP contribution >= 0.6 is 0 Å². The summed E-state index contributed by atoms with van der Waals surface area (Å²) in [5.74, 6) is -0.0722. The lowest BCUT2D eigenvalue weighted by Crippen LogP contribution is -2.50. The molecule has 0 aliphatic carbocycles. The molecule has 150 valence electrons. The van der Waals surface area contributed by atoms with Crippen LogP contribution in [0.15, 0.2) is 54.6 Å². The lowest BCUT2D eigenvalue weighted by atomic mass is 10.0. The average Bonchev–Trinajstić information content (AvgIpc) is 2.67. The first-order valence-corrected chi connectivity index (χ1v) is 10.1. The summed E-state index contributed by atoms with van der Waals surface area (Å²) in [6.07, 6.45) is 1.65. The molecule has 4 nitrogen and oxygen atoms in total. The van der Waals surface area contributed by atoms with E-state index >= 15 is 0 Å². The second kappa shape index (κ2) is 10.6. The largest absolute Gasteiger partial charge is 0.352 e. The zero-order valence-corrected chi connectivity index (χ0v) is 17.4. The molecule has 28 heavy (non-hydrogen) atoms. The summed E-state index contributed by atoms with van der Waals surface area (Å²) in [5.41, 5.74) is 3.33. The highest BCUT2D eigenvalue weighted by Crippen LogP contribution is 2.17. The molecule has 0 aliphatic rings. The molecule has 0 radical (unpaired) electrons. The number of nitrogens with one attached hydrogen (secondary N) is 1. The summed E-state index contributed by atoms with van der Waals surface area (Å²) in [7, 11) is 0. The Morgan fingerprint density at radius 1 is 1.00 bits per heavy atom. The summed E-state index contributed by atoms with van der Waals surface area (Å²) < 4.78 is 0. The van der Waals surface area contributed by atoms with Gasteiger partial charge in [0.2, 0.25) is 11.8 Å². The topological polar surface area (TPSA) is 49.4 Å². The molecule has 1 N–H and O–H groups in total. The molecule has 0 saturated heterocycles. The molecular weight excluding hydrogens is 348 g/mol. The van der Waals surface area contributed by atoms with E-state index in [-0.39, 0.29) is 17.9 Å². The maximum atomic E-state index is 13.2. The van der Waals surface area contributed by atoms with Gasteiger partial charge in [-0.25, -0.2) is 0 Å². The third kappa shape index (κ3) is 6.22. The summed E-state index contributed by atoms with van der Waals surface area (Å²) >= 11 is 0. The van der Waals surface area contributed by atoms with Crippen LogP contribution in [0.1, 0.15) is 50.3 Å². The summed E-state index contributed by atoms with van der Waals surface area (Å²) in [6, 6.07) is 17.6. The number of hydrogen-bond donors (Lipinski definition) is 1.